The van der Waals surface area contributed by atoms with Crippen LogP contribution in [0.4, 0.5) is 0 Å². The fraction of sp³-hybridized carbons (Fsp3) is 0.571. The summed E-state index contributed by atoms with van der Waals surface area (Å²) in [5.74, 6) is 0.817. The standard InChI is InChI=1S/C14H19N.ClH/c1-2-11-4-5-14(10-13(11)3-1)12-6-8-15-9-7-12;/h4-5,10,12,15H,1-3,6-9H2;1H. The molecule has 16 heavy (non-hydrogen) atoms. The van der Waals surface area contributed by atoms with Gasteiger partial charge in [-0.2, -0.15) is 0 Å². The van der Waals surface area contributed by atoms with Crippen LogP contribution in [-0.4, -0.2) is 13.1 Å². The van der Waals surface area contributed by atoms with Crippen molar-refractivity contribution in [3.63, 3.8) is 0 Å². The van der Waals surface area contributed by atoms with Crippen molar-refractivity contribution in [2.75, 3.05) is 13.1 Å². The summed E-state index contributed by atoms with van der Waals surface area (Å²) in [7, 11) is 0. The van der Waals surface area contributed by atoms with E-state index in [9.17, 15) is 0 Å². The van der Waals surface area contributed by atoms with Gasteiger partial charge in [0, 0.05) is 0 Å². The predicted octanol–water partition coefficient (Wildman–Crippen LogP) is 3.06. The van der Waals surface area contributed by atoms with Crippen molar-refractivity contribution in [1.82, 2.24) is 5.32 Å². The van der Waals surface area contributed by atoms with Gasteiger partial charge in [0.15, 0.2) is 0 Å². The van der Waals surface area contributed by atoms with Crippen LogP contribution in [0, 0.1) is 0 Å². The summed E-state index contributed by atoms with van der Waals surface area (Å²) in [6.07, 6.45) is 6.62. The van der Waals surface area contributed by atoms with Crippen LogP contribution >= 0.6 is 12.4 Å². The summed E-state index contributed by atoms with van der Waals surface area (Å²) in [6.45, 7) is 2.39. The maximum Gasteiger partial charge on any atom is -0.00431 e. The minimum Gasteiger partial charge on any atom is -0.317 e. The summed E-state index contributed by atoms with van der Waals surface area (Å²) in [5.41, 5.74) is 4.83. The van der Waals surface area contributed by atoms with Gasteiger partial charge in [0.05, 0.1) is 0 Å². The monoisotopic (exact) mass is 237 g/mol. The zero-order valence-corrected chi connectivity index (χ0v) is 10.5. The fourth-order valence-corrected chi connectivity index (χ4v) is 3.00. The lowest BCUT2D eigenvalue weighted by atomic mass is 9.88. The number of halogens is 1. The van der Waals surface area contributed by atoms with Gasteiger partial charge in [-0.1, -0.05) is 18.2 Å². The molecule has 0 unspecified atom stereocenters. The van der Waals surface area contributed by atoms with E-state index in [-0.39, 0.29) is 12.4 Å². The molecule has 1 aliphatic heterocycles. The first-order valence-electron chi connectivity index (χ1n) is 6.26. The van der Waals surface area contributed by atoms with Gasteiger partial charge in [-0.25, -0.2) is 0 Å². The molecule has 1 N–H and O–H groups in total. The number of rotatable bonds is 1. The van der Waals surface area contributed by atoms with Gasteiger partial charge < -0.3 is 5.32 Å². The Kier molecular flexibility index (Phi) is 3.88. The molecule has 2 heteroatoms. The van der Waals surface area contributed by atoms with Crippen LogP contribution in [0.5, 0.6) is 0 Å². The SMILES string of the molecule is Cl.c1cc2c(cc1C1CCNCC1)CCC2. The Morgan fingerprint density at radius 2 is 1.75 bits per heavy atom. The molecule has 0 radical (unpaired) electrons. The number of fused-ring (bicyclic) bond motifs is 1. The molecule has 1 fully saturated rings. The molecule has 1 aliphatic carbocycles. The molecule has 2 aliphatic rings. The Labute approximate surface area is 104 Å². The second kappa shape index (κ2) is 5.20. The third-order valence-corrected chi connectivity index (χ3v) is 3.93. The second-order valence-corrected chi connectivity index (χ2v) is 4.91. The Hall–Kier alpha value is -0.530. The van der Waals surface area contributed by atoms with E-state index in [4.69, 9.17) is 0 Å². The Balaban J connectivity index is 0.000000963. The summed E-state index contributed by atoms with van der Waals surface area (Å²) < 4.78 is 0. The molecule has 1 aromatic carbocycles. The van der Waals surface area contributed by atoms with E-state index in [0.717, 1.165) is 5.92 Å². The average Bonchev–Trinajstić information content (AvgIpc) is 2.77. The first kappa shape index (κ1) is 11.9. The molecule has 0 amide bonds. The van der Waals surface area contributed by atoms with Crippen molar-refractivity contribution < 1.29 is 0 Å². The van der Waals surface area contributed by atoms with E-state index in [1.165, 1.54) is 45.2 Å². The quantitative estimate of drug-likeness (QED) is 0.792. The smallest absolute Gasteiger partial charge is 0.00431 e. The lowest BCUT2D eigenvalue weighted by molar-refractivity contribution is 0.460. The average molecular weight is 238 g/mol. The third kappa shape index (κ3) is 2.26. The molecule has 0 aromatic heterocycles. The number of piperidine rings is 1. The Bertz CT molecular complexity index is 356. The zero-order chi connectivity index (χ0) is 10.1. The van der Waals surface area contributed by atoms with Gasteiger partial charge >= 0.3 is 0 Å². The zero-order valence-electron chi connectivity index (χ0n) is 9.67. The predicted molar refractivity (Wildman–Crippen MR) is 70.6 cm³/mol. The van der Waals surface area contributed by atoms with Crippen LogP contribution in [0.15, 0.2) is 18.2 Å². The van der Waals surface area contributed by atoms with Crippen molar-refractivity contribution in [3.8, 4) is 0 Å². The van der Waals surface area contributed by atoms with Gasteiger partial charge in [0.2, 0.25) is 0 Å². The molecule has 0 spiro atoms. The van der Waals surface area contributed by atoms with E-state index >= 15 is 0 Å². The molecule has 3 rings (SSSR count). The van der Waals surface area contributed by atoms with Gasteiger partial charge in [0.25, 0.3) is 0 Å². The van der Waals surface area contributed by atoms with Crippen LogP contribution in [0.2, 0.25) is 0 Å². The van der Waals surface area contributed by atoms with Crippen molar-refractivity contribution in [2.45, 2.75) is 38.0 Å². The highest BCUT2D eigenvalue weighted by atomic mass is 35.5. The number of hydrogen-bond acceptors (Lipinski definition) is 1. The van der Waals surface area contributed by atoms with Gasteiger partial charge in [-0.3, -0.25) is 0 Å². The van der Waals surface area contributed by atoms with Gasteiger partial charge in [-0.15, -0.1) is 12.4 Å². The summed E-state index contributed by atoms with van der Waals surface area (Å²) >= 11 is 0. The lowest BCUT2D eigenvalue weighted by Crippen LogP contribution is -2.26. The van der Waals surface area contributed by atoms with Crippen molar-refractivity contribution in [1.29, 1.82) is 0 Å². The molecule has 1 saturated heterocycles. The number of hydrogen-bond donors (Lipinski definition) is 1. The fourth-order valence-electron chi connectivity index (χ4n) is 3.00. The van der Waals surface area contributed by atoms with Crippen molar-refractivity contribution in [2.24, 2.45) is 0 Å². The summed E-state index contributed by atoms with van der Waals surface area (Å²) in [5, 5.41) is 3.44. The normalized spacial score (nSPS) is 20.2. The minimum absolute atomic E-state index is 0. The van der Waals surface area contributed by atoms with E-state index in [0.29, 0.717) is 0 Å². The molecule has 1 nitrogen and oxygen atoms in total. The minimum atomic E-state index is 0. The summed E-state index contributed by atoms with van der Waals surface area (Å²) in [4.78, 5) is 0. The first-order valence-corrected chi connectivity index (χ1v) is 6.26. The summed E-state index contributed by atoms with van der Waals surface area (Å²) in [6, 6.07) is 7.23. The highest BCUT2D eigenvalue weighted by molar-refractivity contribution is 5.85. The maximum atomic E-state index is 3.44. The molecule has 0 bridgehead atoms. The first-order chi connectivity index (χ1) is 7.43. The molecule has 1 aromatic rings. The lowest BCUT2D eigenvalue weighted by Gasteiger charge is -2.23. The second-order valence-electron chi connectivity index (χ2n) is 4.91. The molecule has 0 saturated carbocycles. The van der Waals surface area contributed by atoms with Crippen LogP contribution in [-0.2, 0) is 12.8 Å². The molecule has 0 atom stereocenters. The Morgan fingerprint density at radius 3 is 2.56 bits per heavy atom. The van der Waals surface area contributed by atoms with Crippen LogP contribution in [0.25, 0.3) is 0 Å². The molecular formula is C14H20ClN. The number of aryl methyl sites for hydroxylation is 2. The topological polar surface area (TPSA) is 12.0 Å². The Morgan fingerprint density at radius 1 is 1.00 bits per heavy atom. The third-order valence-electron chi connectivity index (χ3n) is 3.93. The number of nitrogens with one attached hydrogen (secondary N) is 1. The van der Waals surface area contributed by atoms with E-state index in [1.807, 2.05) is 0 Å². The molecule has 88 valence electrons. The van der Waals surface area contributed by atoms with Crippen molar-refractivity contribution >= 4 is 12.4 Å². The highest BCUT2D eigenvalue weighted by Gasteiger charge is 2.17. The van der Waals surface area contributed by atoms with E-state index in [2.05, 4.69) is 23.5 Å². The van der Waals surface area contributed by atoms with Crippen LogP contribution in [0.1, 0.15) is 41.9 Å². The maximum absolute atomic E-state index is 3.44. The van der Waals surface area contributed by atoms with E-state index < -0.39 is 0 Å². The largest absolute Gasteiger partial charge is 0.317 e. The van der Waals surface area contributed by atoms with Gasteiger partial charge in [0.1, 0.15) is 0 Å². The van der Waals surface area contributed by atoms with Crippen LogP contribution < -0.4 is 5.32 Å². The van der Waals surface area contributed by atoms with Gasteiger partial charge in [-0.05, 0) is 67.8 Å². The molecule has 1 heterocycles. The number of benzene rings is 1. The molecular weight excluding hydrogens is 218 g/mol. The van der Waals surface area contributed by atoms with Crippen LogP contribution in [0.3, 0.4) is 0 Å². The highest BCUT2D eigenvalue weighted by Crippen LogP contribution is 2.30. The van der Waals surface area contributed by atoms with E-state index in [1.54, 1.807) is 16.7 Å². The van der Waals surface area contributed by atoms with Crippen molar-refractivity contribution in [3.05, 3.63) is 34.9 Å².